The van der Waals surface area contributed by atoms with Crippen LogP contribution in [0.4, 0.5) is 14.6 Å². The molecule has 1 aliphatic rings. The smallest absolute Gasteiger partial charge is 0.132 e. The molecule has 25 heavy (non-hydrogen) atoms. The van der Waals surface area contributed by atoms with Crippen molar-refractivity contribution in [3.63, 3.8) is 0 Å². The number of hydrogen-bond acceptors (Lipinski definition) is 4. The van der Waals surface area contributed by atoms with Gasteiger partial charge in [-0.3, -0.25) is 4.90 Å². The van der Waals surface area contributed by atoms with Gasteiger partial charge in [-0.25, -0.2) is 8.78 Å². The summed E-state index contributed by atoms with van der Waals surface area (Å²) in [5.74, 6) is -0.935. The first-order chi connectivity index (χ1) is 11.9. The SMILES string of the molecule is C[C@@H]1CN(Cc2c(F)cc(-n3ccc(C=N)c3N)cc2F)C[C@H](C)O1. The summed E-state index contributed by atoms with van der Waals surface area (Å²) >= 11 is 0. The van der Waals surface area contributed by atoms with E-state index in [0.29, 0.717) is 24.3 Å². The third kappa shape index (κ3) is 3.57. The molecule has 1 aliphatic heterocycles. The summed E-state index contributed by atoms with van der Waals surface area (Å²) in [5.41, 5.74) is 6.75. The monoisotopic (exact) mass is 348 g/mol. The molecule has 5 nitrogen and oxygen atoms in total. The van der Waals surface area contributed by atoms with E-state index < -0.39 is 11.6 Å². The molecule has 3 N–H and O–H groups in total. The Bertz CT molecular complexity index is 756. The Morgan fingerprint density at radius 1 is 1.24 bits per heavy atom. The second-order valence-electron chi connectivity index (χ2n) is 6.51. The maximum absolute atomic E-state index is 14.6. The summed E-state index contributed by atoms with van der Waals surface area (Å²) < 4.78 is 36.3. The first-order valence-electron chi connectivity index (χ1n) is 8.22. The Morgan fingerprint density at radius 3 is 2.36 bits per heavy atom. The number of nitrogens with zero attached hydrogens (tertiary/aromatic N) is 2. The van der Waals surface area contributed by atoms with Gasteiger partial charge in [-0.1, -0.05) is 0 Å². The van der Waals surface area contributed by atoms with Crippen LogP contribution in [0.3, 0.4) is 0 Å². The number of nitrogens with two attached hydrogens (primary N) is 1. The fourth-order valence-electron chi connectivity index (χ4n) is 3.32. The second kappa shape index (κ2) is 6.93. The summed E-state index contributed by atoms with van der Waals surface area (Å²) in [6.07, 6.45) is 2.77. The van der Waals surface area contributed by atoms with Crippen molar-refractivity contribution < 1.29 is 13.5 Å². The van der Waals surface area contributed by atoms with Crippen LogP contribution in [-0.4, -0.2) is 41.0 Å². The van der Waals surface area contributed by atoms with Gasteiger partial charge in [0.25, 0.3) is 0 Å². The van der Waals surface area contributed by atoms with Crippen LogP contribution in [0.5, 0.6) is 0 Å². The van der Waals surface area contributed by atoms with E-state index >= 15 is 0 Å². The van der Waals surface area contributed by atoms with Gasteiger partial charge in [0, 0.05) is 43.2 Å². The third-order valence-electron chi connectivity index (χ3n) is 4.39. The molecule has 2 aromatic rings. The van der Waals surface area contributed by atoms with Crippen LogP contribution in [0.15, 0.2) is 24.4 Å². The number of halogens is 2. The van der Waals surface area contributed by atoms with Crippen LogP contribution < -0.4 is 5.73 Å². The van der Waals surface area contributed by atoms with E-state index in [4.69, 9.17) is 15.9 Å². The van der Waals surface area contributed by atoms with Crippen LogP contribution in [0.1, 0.15) is 25.0 Å². The molecule has 0 radical (unpaired) electrons. The van der Waals surface area contributed by atoms with Crippen LogP contribution >= 0.6 is 0 Å². The van der Waals surface area contributed by atoms with E-state index in [-0.39, 0.29) is 30.1 Å². The molecular weight excluding hydrogens is 326 g/mol. The number of rotatable bonds is 4. The fourth-order valence-corrected chi connectivity index (χ4v) is 3.32. The molecule has 134 valence electrons. The number of anilines is 1. The molecular formula is C18H22F2N4O. The molecule has 0 amide bonds. The maximum atomic E-state index is 14.6. The minimum absolute atomic E-state index is 0.0355. The highest BCUT2D eigenvalue weighted by atomic mass is 19.1. The summed E-state index contributed by atoms with van der Waals surface area (Å²) in [5, 5.41) is 7.27. The predicted molar refractivity (Wildman–Crippen MR) is 93.3 cm³/mol. The molecule has 2 atom stereocenters. The summed E-state index contributed by atoms with van der Waals surface area (Å²) in [4.78, 5) is 2.00. The standard InChI is InChI=1S/C18H22F2N4O/c1-11-8-23(9-12(2)25-11)10-15-16(19)5-14(6-17(15)20)24-4-3-13(7-21)18(24)22/h3-7,11-12,21H,8-10,22H2,1-2H3/t11-,12+. The number of benzene rings is 1. The zero-order chi connectivity index (χ0) is 18.1. The number of nitrogens with one attached hydrogen (secondary N) is 1. The van der Waals surface area contributed by atoms with Gasteiger partial charge in [0.05, 0.1) is 17.9 Å². The highest BCUT2D eigenvalue weighted by Gasteiger charge is 2.24. The average molecular weight is 348 g/mol. The predicted octanol–water partition coefficient (Wildman–Crippen LogP) is 2.94. The minimum atomic E-state index is -0.605. The van der Waals surface area contributed by atoms with Crippen molar-refractivity contribution in [2.45, 2.75) is 32.6 Å². The average Bonchev–Trinajstić information content (AvgIpc) is 2.90. The van der Waals surface area contributed by atoms with Gasteiger partial charge in [0.1, 0.15) is 17.5 Å². The van der Waals surface area contributed by atoms with E-state index in [2.05, 4.69) is 0 Å². The van der Waals surface area contributed by atoms with Crippen LogP contribution in [0.25, 0.3) is 5.69 Å². The molecule has 7 heteroatoms. The summed E-state index contributed by atoms with van der Waals surface area (Å²) in [6.45, 7) is 5.38. The lowest BCUT2D eigenvalue weighted by Crippen LogP contribution is -2.45. The first-order valence-corrected chi connectivity index (χ1v) is 8.22. The van der Waals surface area contributed by atoms with E-state index in [9.17, 15) is 8.78 Å². The number of aromatic nitrogens is 1. The zero-order valence-electron chi connectivity index (χ0n) is 14.3. The quantitative estimate of drug-likeness (QED) is 0.835. The first kappa shape index (κ1) is 17.6. The molecule has 0 saturated carbocycles. The van der Waals surface area contributed by atoms with Gasteiger partial charge in [-0.15, -0.1) is 0 Å². The van der Waals surface area contributed by atoms with E-state index in [1.54, 1.807) is 12.3 Å². The Balaban J connectivity index is 1.87. The normalized spacial score (nSPS) is 21.4. The van der Waals surface area contributed by atoms with Gasteiger partial charge in [-0.2, -0.15) is 0 Å². The molecule has 1 saturated heterocycles. The van der Waals surface area contributed by atoms with Crippen molar-refractivity contribution >= 4 is 12.0 Å². The third-order valence-corrected chi connectivity index (χ3v) is 4.39. The summed E-state index contributed by atoms with van der Waals surface area (Å²) in [7, 11) is 0. The molecule has 1 aromatic carbocycles. The Hall–Kier alpha value is -2.25. The van der Waals surface area contributed by atoms with Crippen molar-refractivity contribution in [2.24, 2.45) is 0 Å². The van der Waals surface area contributed by atoms with Gasteiger partial charge < -0.3 is 20.4 Å². The van der Waals surface area contributed by atoms with Crippen molar-refractivity contribution in [1.82, 2.24) is 9.47 Å². The van der Waals surface area contributed by atoms with E-state index in [0.717, 1.165) is 6.21 Å². The molecule has 0 bridgehead atoms. The second-order valence-corrected chi connectivity index (χ2v) is 6.51. The summed E-state index contributed by atoms with van der Waals surface area (Å²) in [6, 6.07) is 4.17. The van der Waals surface area contributed by atoms with E-state index in [1.165, 1.54) is 16.7 Å². The molecule has 2 heterocycles. The molecule has 3 rings (SSSR count). The minimum Gasteiger partial charge on any atom is -0.384 e. The fraction of sp³-hybridized carbons (Fsp3) is 0.389. The maximum Gasteiger partial charge on any atom is 0.132 e. The highest BCUT2D eigenvalue weighted by molar-refractivity contribution is 5.84. The van der Waals surface area contributed by atoms with Crippen molar-refractivity contribution in [1.29, 1.82) is 5.41 Å². The molecule has 0 spiro atoms. The van der Waals surface area contributed by atoms with Crippen molar-refractivity contribution in [2.75, 3.05) is 18.8 Å². The van der Waals surface area contributed by atoms with Gasteiger partial charge in [0.15, 0.2) is 0 Å². The topological polar surface area (TPSA) is 67.3 Å². The zero-order valence-corrected chi connectivity index (χ0v) is 14.3. The Morgan fingerprint density at radius 2 is 1.84 bits per heavy atom. The molecule has 1 fully saturated rings. The van der Waals surface area contributed by atoms with Crippen molar-refractivity contribution in [3.05, 3.63) is 47.2 Å². The molecule has 0 unspecified atom stereocenters. The van der Waals surface area contributed by atoms with Crippen LogP contribution in [-0.2, 0) is 11.3 Å². The number of hydrogen-bond donors (Lipinski definition) is 2. The lowest BCUT2D eigenvalue weighted by molar-refractivity contribution is -0.0709. The van der Waals surface area contributed by atoms with Gasteiger partial charge in [0.2, 0.25) is 0 Å². The van der Waals surface area contributed by atoms with E-state index in [1.807, 2.05) is 18.7 Å². The number of ether oxygens (including phenoxy) is 1. The lowest BCUT2D eigenvalue weighted by Gasteiger charge is -2.35. The molecule has 0 aliphatic carbocycles. The van der Waals surface area contributed by atoms with Crippen molar-refractivity contribution in [3.8, 4) is 5.69 Å². The van der Waals surface area contributed by atoms with Crippen LogP contribution in [0, 0.1) is 17.0 Å². The Labute approximate surface area is 145 Å². The van der Waals surface area contributed by atoms with Gasteiger partial charge >= 0.3 is 0 Å². The Kier molecular flexibility index (Phi) is 4.87. The van der Waals surface area contributed by atoms with Gasteiger partial charge in [-0.05, 0) is 32.0 Å². The number of nitrogen functional groups attached to an aromatic ring is 1. The highest BCUT2D eigenvalue weighted by Crippen LogP contribution is 2.24. The lowest BCUT2D eigenvalue weighted by atomic mass is 10.1. The number of morpholine rings is 1. The van der Waals surface area contributed by atoms with Crippen LogP contribution in [0.2, 0.25) is 0 Å². The molecule has 1 aromatic heterocycles. The largest absolute Gasteiger partial charge is 0.384 e.